The average Bonchev–Trinajstić information content (AvgIpc) is 2.94. The van der Waals surface area contributed by atoms with Gasteiger partial charge < -0.3 is 15.0 Å². The quantitative estimate of drug-likeness (QED) is 0.187. The van der Waals surface area contributed by atoms with Gasteiger partial charge in [-0.15, -0.1) is 0 Å². The molecule has 4 aromatic carbocycles. The summed E-state index contributed by atoms with van der Waals surface area (Å²) < 4.78 is 7.75. The fraction of sp³-hybridized carbons (Fsp3) is 0.250. The molecule has 0 aliphatic carbocycles. The molecule has 0 radical (unpaired) electrons. The number of nitrogens with zero attached hydrogens (tertiary/aromatic N) is 1. The summed E-state index contributed by atoms with van der Waals surface area (Å²) in [5.41, 5.74) is 1.90. The number of ether oxygens (including phenoxy) is 1. The van der Waals surface area contributed by atoms with Crippen LogP contribution < -0.4 is 10.1 Å². The number of nitrogens with one attached hydrogen (secondary N) is 1. The van der Waals surface area contributed by atoms with Gasteiger partial charge in [0.25, 0.3) is 5.91 Å². The van der Waals surface area contributed by atoms with E-state index in [1.165, 1.54) is 0 Å². The van der Waals surface area contributed by atoms with Crippen LogP contribution in [0.1, 0.15) is 25.0 Å². The molecule has 1 atom stereocenters. The Morgan fingerprint density at radius 2 is 1.59 bits per heavy atom. The van der Waals surface area contributed by atoms with Crippen LogP contribution in [0.3, 0.4) is 0 Å². The molecule has 0 bridgehead atoms. The molecule has 0 fully saturated rings. The largest absolute Gasteiger partial charge is 0.483 e. The first-order valence-electron chi connectivity index (χ1n) is 13.0. The highest BCUT2D eigenvalue weighted by molar-refractivity contribution is 9.11. The third kappa shape index (κ3) is 7.93. The van der Waals surface area contributed by atoms with Crippen LogP contribution in [-0.2, 0) is 22.6 Å². The van der Waals surface area contributed by atoms with Crippen molar-refractivity contribution in [3.63, 3.8) is 0 Å². The van der Waals surface area contributed by atoms with Gasteiger partial charge >= 0.3 is 0 Å². The Morgan fingerprint density at radius 3 is 2.33 bits per heavy atom. The standard InChI is InChI=1S/C32H32Br2N2O3/c1-22(2)19-35-32(38)28(18-23-9-4-3-5-10-23)36(20-24-11-8-13-26(33)17-24)30(37)21-39-29-16-15-25-12-6-7-14-27(25)31(29)34/h3-17,22,28H,18-21H2,1-2H3,(H,35,38). The molecule has 0 saturated carbocycles. The predicted molar refractivity (Wildman–Crippen MR) is 164 cm³/mol. The molecule has 202 valence electrons. The fourth-order valence-electron chi connectivity index (χ4n) is 4.36. The highest BCUT2D eigenvalue weighted by atomic mass is 79.9. The summed E-state index contributed by atoms with van der Waals surface area (Å²) >= 11 is 7.17. The number of halogens is 2. The van der Waals surface area contributed by atoms with Crippen LogP contribution in [0.25, 0.3) is 10.8 Å². The number of hydrogen-bond donors (Lipinski definition) is 1. The van der Waals surface area contributed by atoms with Gasteiger partial charge in [-0.3, -0.25) is 9.59 Å². The lowest BCUT2D eigenvalue weighted by molar-refractivity contribution is -0.142. The van der Waals surface area contributed by atoms with Gasteiger partial charge in [0.05, 0.1) is 4.47 Å². The van der Waals surface area contributed by atoms with E-state index in [0.717, 1.165) is 30.8 Å². The predicted octanol–water partition coefficient (Wildman–Crippen LogP) is 7.16. The number of carbonyl (C=O) groups is 2. The Balaban J connectivity index is 1.63. The molecule has 2 amide bonds. The van der Waals surface area contributed by atoms with Gasteiger partial charge in [0.1, 0.15) is 11.8 Å². The molecule has 4 aromatic rings. The Hall–Kier alpha value is -3.16. The normalized spacial score (nSPS) is 11.8. The van der Waals surface area contributed by atoms with Gasteiger partial charge in [-0.2, -0.15) is 0 Å². The zero-order valence-corrected chi connectivity index (χ0v) is 25.2. The van der Waals surface area contributed by atoms with Gasteiger partial charge in [-0.05, 0) is 61.9 Å². The van der Waals surface area contributed by atoms with E-state index >= 15 is 0 Å². The maximum Gasteiger partial charge on any atom is 0.261 e. The second kappa shape index (κ2) is 13.8. The van der Waals surface area contributed by atoms with E-state index in [1.807, 2.05) is 105 Å². The summed E-state index contributed by atoms with van der Waals surface area (Å²) in [5, 5.41) is 5.12. The van der Waals surface area contributed by atoms with Crippen molar-refractivity contribution in [1.29, 1.82) is 0 Å². The van der Waals surface area contributed by atoms with E-state index in [2.05, 4.69) is 37.2 Å². The number of rotatable bonds is 11. The summed E-state index contributed by atoms with van der Waals surface area (Å²) in [6, 6.07) is 28.7. The highest BCUT2D eigenvalue weighted by Gasteiger charge is 2.31. The minimum atomic E-state index is -0.707. The summed E-state index contributed by atoms with van der Waals surface area (Å²) in [6.07, 6.45) is 0.393. The van der Waals surface area contributed by atoms with E-state index in [4.69, 9.17) is 4.74 Å². The average molecular weight is 652 g/mol. The van der Waals surface area contributed by atoms with E-state index < -0.39 is 6.04 Å². The number of fused-ring (bicyclic) bond motifs is 1. The van der Waals surface area contributed by atoms with E-state index in [-0.39, 0.29) is 30.9 Å². The van der Waals surface area contributed by atoms with Gasteiger partial charge in [-0.1, -0.05) is 103 Å². The van der Waals surface area contributed by atoms with Gasteiger partial charge in [0.2, 0.25) is 5.91 Å². The Morgan fingerprint density at radius 1 is 0.872 bits per heavy atom. The first-order valence-corrected chi connectivity index (χ1v) is 14.6. The zero-order valence-electron chi connectivity index (χ0n) is 22.1. The van der Waals surface area contributed by atoms with Crippen molar-refractivity contribution in [3.05, 3.63) is 111 Å². The lowest BCUT2D eigenvalue weighted by Crippen LogP contribution is -2.52. The Kier molecular flexibility index (Phi) is 10.2. The molecule has 5 nitrogen and oxygen atoms in total. The van der Waals surface area contributed by atoms with Crippen LogP contribution in [0.15, 0.2) is 99.9 Å². The fourth-order valence-corrected chi connectivity index (χ4v) is 5.41. The monoisotopic (exact) mass is 650 g/mol. The third-order valence-corrected chi connectivity index (χ3v) is 7.69. The molecule has 0 aliphatic rings. The van der Waals surface area contributed by atoms with Crippen molar-refractivity contribution in [2.75, 3.05) is 13.2 Å². The van der Waals surface area contributed by atoms with E-state index in [1.54, 1.807) is 4.90 Å². The summed E-state index contributed by atoms with van der Waals surface area (Å²) in [7, 11) is 0. The molecule has 1 unspecified atom stereocenters. The lowest BCUT2D eigenvalue weighted by Gasteiger charge is -2.32. The summed E-state index contributed by atoms with van der Waals surface area (Å²) in [5.74, 6) is 0.418. The van der Waals surface area contributed by atoms with Crippen molar-refractivity contribution >= 4 is 54.4 Å². The molecule has 0 spiro atoms. The molecule has 0 aliphatic heterocycles. The van der Waals surface area contributed by atoms with Gasteiger partial charge in [-0.25, -0.2) is 0 Å². The van der Waals surface area contributed by atoms with E-state index in [0.29, 0.717) is 18.7 Å². The molecule has 0 heterocycles. The number of amides is 2. The van der Waals surface area contributed by atoms with Crippen LogP contribution in [0.4, 0.5) is 0 Å². The Labute approximate surface area is 246 Å². The molecule has 39 heavy (non-hydrogen) atoms. The first-order chi connectivity index (χ1) is 18.8. The zero-order chi connectivity index (χ0) is 27.8. The van der Waals surface area contributed by atoms with Crippen LogP contribution in [-0.4, -0.2) is 35.9 Å². The van der Waals surface area contributed by atoms with Crippen molar-refractivity contribution < 1.29 is 14.3 Å². The lowest BCUT2D eigenvalue weighted by atomic mass is 10.0. The molecular formula is C32H32Br2N2O3. The topological polar surface area (TPSA) is 58.6 Å². The van der Waals surface area contributed by atoms with Crippen LogP contribution >= 0.6 is 31.9 Å². The molecule has 1 N–H and O–H groups in total. The van der Waals surface area contributed by atoms with Crippen molar-refractivity contribution in [3.8, 4) is 5.75 Å². The SMILES string of the molecule is CC(C)CNC(=O)C(Cc1ccccc1)N(Cc1cccc(Br)c1)C(=O)COc1ccc2ccccc2c1Br. The second-order valence-corrected chi connectivity index (χ2v) is 11.6. The Bertz CT molecular complexity index is 1430. The third-order valence-electron chi connectivity index (χ3n) is 6.38. The summed E-state index contributed by atoms with van der Waals surface area (Å²) in [6.45, 7) is 4.70. The second-order valence-electron chi connectivity index (χ2n) is 9.88. The van der Waals surface area contributed by atoms with Crippen LogP contribution in [0, 0.1) is 5.92 Å². The summed E-state index contributed by atoms with van der Waals surface area (Å²) in [4.78, 5) is 29.1. The number of carbonyl (C=O) groups excluding carboxylic acids is 2. The van der Waals surface area contributed by atoms with Gasteiger partial charge in [0, 0.05) is 24.0 Å². The number of benzene rings is 4. The maximum absolute atomic E-state index is 13.8. The van der Waals surface area contributed by atoms with Gasteiger partial charge in [0.15, 0.2) is 6.61 Å². The van der Waals surface area contributed by atoms with Crippen LogP contribution in [0.2, 0.25) is 0 Å². The molecule has 0 aromatic heterocycles. The minimum absolute atomic E-state index is 0.178. The molecule has 4 rings (SSSR count). The molecular weight excluding hydrogens is 620 g/mol. The smallest absolute Gasteiger partial charge is 0.261 e. The molecule has 0 saturated heterocycles. The molecule has 7 heteroatoms. The van der Waals surface area contributed by atoms with Crippen LogP contribution in [0.5, 0.6) is 5.75 Å². The van der Waals surface area contributed by atoms with Crippen molar-refractivity contribution in [2.45, 2.75) is 32.9 Å². The highest BCUT2D eigenvalue weighted by Crippen LogP contribution is 2.33. The first kappa shape index (κ1) is 28.8. The van der Waals surface area contributed by atoms with Crippen molar-refractivity contribution in [2.24, 2.45) is 5.92 Å². The van der Waals surface area contributed by atoms with Crippen molar-refractivity contribution in [1.82, 2.24) is 10.2 Å². The van der Waals surface area contributed by atoms with E-state index in [9.17, 15) is 9.59 Å². The minimum Gasteiger partial charge on any atom is -0.483 e. The maximum atomic E-state index is 13.8. The number of hydrogen-bond acceptors (Lipinski definition) is 3.